The van der Waals surface area contributed by atoms with Crippen molar-refractivity contribution in [1.29, 1.82) is 0 Å². The van der Waals surface area contributed by atoms with Crippen LogP contribution in [-0.2, 0) is 14.3 Å². The van der Waals surface area contributed by atoms with Gasteiger partial charge in [-0.25, -0.2) is 9.97 Å². The van der Waals surface area contributed by atoms with Crippen molar-refractivity contribution in [2.45, 2.75) is 25.6 Å². The third kappa shape index (κ3) is 5.60. The van der Waals surface area contributed by atoms with E-state index in [9.17, 15) is 5.11 Å². The van der Waals surface area contributed by atoms with Crippen LogP contribution in [0.5, 0.6) is 0 Å². The highest BCUT2D eigenvalue weighted by atomic mass is 79.9. The SMILES string of the molecule is OCC(CON=C1CN(c2ncc(Br)cn2)C1)COC1CCCCO1. The molecule has 3 heterocycles. The summed E-state index contributed by atoms with van der Waals surface area (Å²) in [5.74, 6) is 0.567. The number of oxime groups is 1. The molecule has 2 aliphatic rings. The fraction of sp³-hybridized carbons (Fsp3) is 0.688. The van der Waals surface area contributed by atoms with Gasteiger partial charge in [0, 0.05) is 24.9 Å². The molecule has 2 fully saturated rings. The Morgan fingerprint density at radius 2 is 2.12 bits per heavy atom. The summed E-state index contributed by atoms with van der Waals surface area (Å²) in [5.41, 5.74) is 0.930. The van der Waals surface area contributed by atoms with Crippen molar-refractivity contribution in [2.75, 3.05) is 44.4 Å². The molecule has 1 N–H and O–H groups in total. The van der Waals surface area contributed by atoms with E-state index >= 15 is 0 Å². The Labute approximate surface area is 155 Å². The van der Waals surface area contributed by atoms with Gasteiger partial charge >= 0.3 is 0 Å². The lowest BCUT2D eigenvalue weighted by molar-refractivity contribution is -0.173. The van der Waals surface area contributed by atoms with Gasteiger partial charge in [-0.15, -0.1) is 0 Å². The molecule has 0 aromatic carbocycles. The highest BCUT2D eigenvalue weighted by Crippen LogP contribution is 2.17. The lowest BCUT2D eigenvalue weighted by Gasteiger charge is -2.31. The van der Waals surface area contributed by atoms with E-state index in [4.69, 9.17) is 14.3 Å². The zero-order valence-corrected chi connectivity index (χ0v) is 15.6. The number of hydrogen-bond donors (Lipinski definition) is 1. The van der Waals surface area contributed by atoms with Crippen LogP contribution < -0.4 is 4.90 Å². The Kier molecular flexibility index (Phi) is 6.97. The van der Waals surface area contributed by atoms with E-state index in [1.807, 2.05) is 4.90 Å². The molecule has 2 unspecified atom stereocenters. The maximum atomic E-state index is 9.43. The molecule has 25 heavy (non-hydrogen) atoms. The van der Waals surface area contributed by atoms with E-state index < -0.39 is 0 Å². The lowest BCUT2D eigenvalue weighted by Crippen LogP contribution is -2.48. The van der Waals surface area contributed by atoms with Gasteiger partial charge < -0.3 is 24.3 Å². The minimum absolute atomic E-state index is 0.00354. The Morgan fingerprint density at radius 3 is 2.80 bits per heavy atom. The normalized spacial score (nSPS) is 21.6. The third-order valence-electron chi connectivity index (χ3n) is 4.05. The first-order valence-electron chi connectivity index (χ1n) is 8.49. The molecule has 1 aromatic rings. The second kappa shape index (κ2) is 9.42. The van der Waals surface area contributed by atoms with Crippen molar-refractivity contribution in [3.63, 3.8) is 0 Å². The van der Waals surface area contributed by atoms with Gasteiger partial charge in [0.15, 0.2) is 6.29 Å². The van der Waals surface area contributed by atoms with Crippen LogP contribution in [0.2, 0.25) is 0 Å². The number of ether oxygens (including phenoxy) is 2. The molecule has 0 bridgehead atoms. The number of halogens is 1. The first-order chi connectivity index (χ1) is 12.2. The third-order valence-corrected chi connectivity index (χ3v) is 4.46. The predicted octanol–water partition coefficient (Wildman–Crippen LogP) is 1.58. The molecule has 0 aliphatic carbocycles. The zero-order chi connectivity index (χ0) is 17.5. The number of aromatic nitrogens is 2. The summed E-state index contributed by atoms with van der Waals surface area (Å²) in [5, 5.41) is 13.5. The van der Waals surface area contributed by atoms with Crippen LogP contribution in [0.3, 0.4) is 0 Å². The molecule has 0 saturated carbocycles. The molecule has 2 saturated heterocycles. The van der Waals surface area contributed by atoms with Crippen LogP contribution in [0.4, 0.5) is 5.95 Å². The number of aliphatic hydroxyl groups is 1. The number of nitrogens with zero attached hydrogens (tertiary/aromatic N) is 4. The van der Waals surface area contributed by atoms with Gasteiger partial charge in [-0.2, -0.15) is 0 Å². The van der Waals surface area contributed by atoms with Crippen molar-refractivity contribution < 1.29 is 19.4 Å². The van der Waals surface area contributed by atoms with E-state index in [1.54, 1.807) is 12.4 Å². The van der Waals surface area contributed by atoms with E-state index in [0.717, 1.165) is 36.1 Å². The Morgan fingerprint density at radius 1 is 1.32 bits per heavy atom. The number of hydrogen-bond acceptors (Lipinski definition) is 8. The first kappa shape index (κ1) is 18.5. The molecule has 8 nitrogen and oxygen atoms in total. The molecular weight excluding hydrogens is 392 g/mol. The minimum atomic E-state index is -0.153. The molecule has 9 heteroatoms. The molecule has 138 valence electrons. The van der Waals surface area contributed by atoms with Gasteiger partial charge in [0.05, 0.1) is 36.5 Å². The van der Waals surface area contributed by atoms with Gasteiger partial charge in [0.1, 0.15) is 6.61 Å². The van der Waals surface area contributed by atoms with Gasteiger partial charge in [0.2, 0.25) is 5.95 Å². The van der Waals surface area contributed by atoms with Crippen molar-refractivity contribution in [2.24, 2.45) is 11.1 Å². The minimum Gasteiger partial charge on any atom is -0.396 e. The van der Waals surface area contributed by atoms with Crippen LogP contribution in [0.15, 0.2) is 22.0 Å². The number of aliphatic hydroxyl groups excluding tert-OH is 1. The molecule has 1 aromatic heterocycles. The molecule has 3 rings (SSSR count). The monoisotopic (exact) mass is 414 g/mol. The standard InChI is InChI=1S/C16H23BrN4O4/c17-13-5-18-16(19-6-13)21-7-14(8-21)20-25-11-12(9-22)10-24-15-3-1-2-4-23-15/h5-6,12,15,22H,1-4,7-11H2. The summed E-state index contributed by atoms with van der Waals surface area (Å²) in [7, 11) is 0. The van der Waals surface area contributed by atoms with E-state index in [0.29, 0.717) is 32.3 Å². The average molecular weight is 415 g/mol. The quantitative estimate of drug-likeness (QED) is 0.645. The maximum absolute atomic E-state index is 9.43. The largest absolute Gasteiger partial charge is 0.396 e. The summed E-state index contributed by atoms with van der Waals surface area (Å²) in [6.07, 6.45) is 6.41. The highest BCUT2D eigenvalue weighted by Gasteiger charge is 2.25. The number of anilines is 1. The van der Waals surface area contributed by atoms with Crippen LogP contribution in [0, 0.1) is 5.92 Å². The van der Waals surface area contributed by atoms with Crippen LogP contribution in [0.25, 0.3) is 0 Å². The molecule has 0 amide bonds. The van der Waals surface area contributed by atoms with Gasteiger partial charge in [-0.1, -0.05) is 5.16 Å². The molecule has 0 radical (unpaired) electrons. The summed E-state index contributed by atoms with van der Waals surface area (Å²) in [4.78, 5) is 15.8. The summed E-state index contributed by atoms with van der Waals surface area (Å²) < 4.78 is 12.0. The van der Waals surface area contributed by atoms with Crippen LogP contribution >= 0.6 is 15.9 Å². The van der Waals surface area contributed by atoms with Gasteiger partial charge in [0.25, 0.3) is 0 Å². The summed E-state index contributed by atoms with van der Waals surface area (Å²) in [6, 6.07) is 0. The van der Waals surface area contributed by atoms with Gasteiger partial charge in [-0.05, 0) is 35.2 Å². The van der Waals surface area contributed by atoms with Crippen molar-refractivity contribution in [1.82, 2.24) is 9.97 Å². The summed E-state index contributed by atoms with van der Waals surface area (Å²) in [6.45, 7) is 2.77. The first-order valence-corrected chi connectivity index (χ1v) is 9.28. The maximum Gasteiger partial charge on any atom is 0.226 e. The fourth-order valence-electron chi connectivity index (χ4n) is 2.54. The van der Waals surface area contributed by atoms with Crippen molar-refractivity contribution in [3.05, 3.63) is 16.9 Å². The smallest absolute Gasteiger partial charge is 0.226 e. The number of rotatable bonds is 8. The predicted molar refractivity (Wildman–Crippen MR) is 95.5 cm³/mol. The molecule has 2 aliphatic heterocycles. The zero-order valence-electron chi connectivity index (χ0n) is 14.0. The van der Waals surface area contributed by atoms with Crippen LogP contribution in [-0.4, -0.2) is 66.6 Å². The summed E-state index contributed by atoms with van der Waals surface area (Å²) >= 11 is 3.31. The van der Waals surface area contributed by atoms with E-state index in [2.05, 4.69) is 31.1 Å². The Hall–Kier alpha value is -1.29. The lowest BCUT2D eigenvalue weighted by atomic mass is 10.2. The average Bonchev–Trinajstić information content (AvgIpc) is 2.61. The molecule has 0 spiro atoms. The van der Waals surface area contributed by atoms with Crippen LogP contribution in [0.1, 0.15) is 19.3 Å². The van der Waals surface area contributed by atoms with Gasteiger partial charge in [-0.3, -0.25) is 0 Å². The van der Waals surface area contributed by atoms with E-state index in [1.165, 1.54) is 0 Å². The second-order valence-corrected chi connectivity index (χ2v) is 7.10. The molecule has 2 atom stereocenters. The highest BCUT2D eigenvalue weighted by molar-refractivity contribution is 9.10. The second-order valence-electron chi connectivity index (χ2n) is 6.19. The molecular formula is C16H23BrN4O4. The van der Waals surface area contributed by atoms with Crippen molar-refractivity contribution in [3.8, 4) is 0 Å². The fourth-order valence-corrected chi connectivity index (χ4v) is 2.74. The Balaban J connectivity index is 1.34. The topological polar surface area (TPSA) is 89.3 Å². The van der Waals surface area contributed by atoms with Crippen molar-refractivity contribution >= 4 is 27.6 Å². The van der Waals surface area contributed by atoms with E-state index in [-0.39, 0.29) is 18.8 Å². The Bertz CT molecular complexity index is 558.